The summed E-state index contributed by atoms with van der Waals surface area (Å²) in [5, 5.41) is 0.249. The minimum atomic E-state index is -0.439. The number of fused-ring (bicyclic) bond motifs is 1. The van der Waals surface area contributed by atoms with Crippen LogP contribution in [-0.4, -0.2) is 32.8 Å². The molecule has 9 heteroatoms. The first kappa shape index (κ1) is 19.2. The number of halogens is 2. The molecule has 1 aromatic carbocycles. The second kappa shape index (κ2) is 7.36. The van der Waals surface area contributed by atoms with Crippen molar-refractivity contribution >= 4 is 23.3 Å². The molecule has 7 nitrogen and oxygen atoms in total. The number of methoxy groups -OCH3 is 1. The van der Waals surface area contributed by atoms with Gasteiger partial charge >= 0.3 is 0 Å². The van der Waals surface area contributed by atoms with Crippen molar-refractivity contribution in [3.63, 3.8) is 0 Å². The third-order valence-electron chi connectivity index (χ3n) is 4.93. The molecule has 148 valence electrons. The molecule has 0 saturated carbocycles. The molecule has 0 unspecified atom stereocenters. The van der Waals surface area contributed by atoms with Crippen LogP contribution >= 0.6 is 11.6 Å². The highest BCUT2D eigenvalue weighted by atomic mass is 35.5. The van der Waals surface area contributed by atoms with Gasteiger partial charge in [0.15, 0.2) is 11.6 Å². The lowest BCUT2D eigenvalue weighted by Gasteiger charge is -2.25. The van der Waals surface area contributed by atoms with Gasteiger partial charge in [-0.3, -0.25) is 4.79 Å². The quantitative estimate of drug-likeness (QED) is 0.700. The summed E-state index contributed by atoms with van der Waals surface area (Å²) in [7, 11) is 1.44. The molecule has 2 aromatic heterocycles. The van der Waals surface area contributed by atoms with Gasteiger partial charge in [0.1, 0.15) is 10.8 Å². The summed E-state index contributed by atoms with van der Waals surface area (Å²) >= 11 is 6.01. The number of nitrogens with two attached hydrogens (primary N) is 1. The Hall–Kier alpha value is -3.13. The highest BCUT2D eigenvalue weighted by Crippen LogP contribution is 2.38. The number of anilines is 1. The summed E-state index contributed by atoms with van der Waals surface area (Å²) in [5.41, 5.74) is 8.67. The summed E-state index contributed by atoms with van der Waals surface area (Å²) < 4.78 is 19.2. The average Bonchev–Trinajstić information content (AvgIpc) is 2.67. The fourth-order valence-corrected chi connectivity index (χ4v) is 3.89. The molecule has 4 rings (SSSR count). The van der Waals surface area contributed by atoms with Crippen molar-refractivity contribution in [1.82, 2.24) is 19.9 Å². The van der Waals surface area contributed by atoms with E-state index in [1.807, 2.05) is 0 Å². The smallest absolute Gasteiger partial charge is 0.235 e. The van der Waals surface area contributed by atoms with Crippen LogP contribution in [0.1, 0.15) is 39.6 Å². The van der Waals surface area contributed by atoms with Crippen LogP contribution in [0, 0.1) is 12.7 Å². The maximum atomic E-state index is 14.1. The number of rotatable bonds is 3. The zero-order valence-electron chi connectivity index (χ0n) is 15.7. The number of Topliss-reactive ketones (excluding diaryl/α,β-unsaturated/α-hetero) is 1. The first-order valence-electron chi connectivity index (χ1n) is 8.90. The van der Waals surface area contributed by atoms with Crippen LogP contribution in [0.25, 0.3) is 11.4 Å². The third-order valence-corrected chi connectivity index (χ3v) is 5.19. The first-order valence-corrected chi connectivity index (χ1v) is 9.27. The summed E-state index contributed by atoms with van der Waals surface area (Å²) in [5.74, 6) is -0.167. The monoisotopic (exact) mass is 413 g/mol. The van der Waals surface area contributed by atoms with E-state index in [0.717, 1.165) is 5.56 Å². The molecule has 1 aliphatic rings. The average molecular weight is 414 g/mol. The summed E-state index contributed by atoms with van der Waals surface area (Å²) in [6.07, 6.45) is 2.11. The van der Waals surface area contributed by atoms with E-state index >= 15 is 0 Å². The summed E-state index contributed by atoms with van der Waals surface area (Å²) in [6, 6.07) is 4.35. The standard InChI is InChI=1S/C20H17ClFN5O2/c1-9-17-15(26-20(23)25-9)5-10(6-16(17)28)12-4-3-11(22)7-13(12)18-24-8-14(21)19(27-18)29-2/h3-4,7-8,10H,5-6H2,1-2H3,(H2,23,25,26)/t10-/m0/s1. The highest BCUT2D eigenvalue weighted by molar-refractivity contribution is 6.31. The number of ketones is 1. The second-order valence-corrected chi connectivity index (χ2v) is 7.21. The summed E-state index contributed by atoms with van der Waals surface area (Å²) in [6.45, 7) is 1.74. The molecule has 29 heavy (non-hydrogen) atoms. The van der Waals surface area contributed by atoms with E-state index in [1.54, 1.807) is 13.0 Å². The molecule has 0 amide bonds. The summed E-state index contributed by atoms with van der Waals surface area (Å²) in [4.78, 5) is 29.7. The molecule has 2 N–H and O–H groups in total. The molecule has 1 aliphatic carbocycles. The SMILES string of the molecule is COc1nc(-c2cc(F)ccc2[C@@H]2CC(=O)c3c(C)nc(N)nc3C2)ncc1Cl. The van der Waals surface area contributed by atoms with Gasteiger partial charge in [-0.1, -0.05) is 17.7 Å². The minimum Gasteiger partial charge on any atom is -0.480 e. The van der Waals surface area contributed by atoms with E-state index in [9.17, 15) is 9.18 Å². The first-order chi connectivity index (χ1) is 13.9. The molecule has 0 bridgehead atoms. The number of ether oxygens (including phenoxy) is 1. The van der Waals surface area contributed by atoms with Gasteiger partial charge < -0.3 is 10.5 Å². The lowest BCUT2D eigenvalue weighted by atomic mass is 9.79. The number of carbonyl (C=O) groups is 1. The molecule has 3 aromatic rings. The van der Waals surface area contributed by atoms with Gasteiger partial charge in [-0.05, 0) is 37.0 Å². The lowest BCUT2D eigenvalue weighted by molar-refractivity contribution is 0.0962. The predicted octanol–water partition coefficient (Wildman–Crippen LogP) is 3.54. The van der Waals surface area contributed by atoms with Crippen LogP contribution in [0.2, 0.25) is 5.02 Å². The molecular weight excluding hydrogens is 397 g/mol. The number of aromatic nitrogens is 4. The topological polar surface area (TPSA) is 104 Å². The van der Waals surface area contributed by atoms with E-state index in [2.05, 4.69) is 19.9 Å². The van der Waals surface area contributed by atoms with Gasteiger partial charge in [-0.25, -0.2) is 19.3 Å². The van der Waals surface area contributed by atoms with E-state index in [-0.39, 0.29) is 40.8 Å². The van der Waals surface area contributed by atoms with E-state index < -0.39 is 5.82 Å². The number of benzene rings is 1. The van der Waals surface area contributed by atoms with Crippen molar-refractivity contribution in [3.05, 3.63) is 57.8 Å². The van der Waals surface area contributed by atoms with Crippen molar-refractivity contribution in [1.29, 1.82) is 0 Å². The second-order valence-electron chi connectivity index (χ2n) is 6.80. The fourth-order valence-electron chi connectivity index (χ4n) is 3.72. The molecule has 0 fully saturated rings. The van der Waals surface area contributed by atoms with Gasteiger partial charge in [0, 0.05) is 12.0 Å². The molecular formula is C20H17ClFN5O2. The molecule has 2 heterocycles. The van der Waals surface area contributed by atoms with Crippen LogP contribution in [0.4, 0.5) is 10.3 Å². The Labute approximate surface area is 171 Å². The van der Waals surface area contributed by atoms with Crippen LogP contribution in [-0.2, 0) is 6.42 Å². The van der Waals surface area contributed by atoms with Crippen molar-refractivity contribution in [2.24, 2.45) is 0 Å². The van der Waals surface area contributed by atoms with Crippen LogP contribution in [0.5, 0.6) is 5.88 Å². The molecule has 0 saturated heterocycles. The number of aryl methyl sites for hydroxylation is 1. The van der Waals surface area contributed by atoms with E-state index in [1.165, 1.54) is 25.4 Å². The van der Waals surface area contributed by atoms with Gasteiger partial charge in [0.25, 0.3) is 0 Å². The van der Waals surface area contributed by atoms with Gasteiger partial charge in [-0.2, -0.15) is 4.98 Å². The number of hydrogen-bond acceptors (Lipinski definition) is 7. The number of carbonyl (C=O) groups excluding carboxylic acids is 1. The minimum absolute atomic E-state index is 0.0707. The number of nitrogens with zero attached hydrogens (tertiary/aromatic N) is 4. The van der Waals surface area contributed by atoms with Gasteiger partial charge in [0.05, 0.1) is 30.3 Å². The Morgan fingerprint density at radius 1 is 1.24 bits per heavy atom. The normalized spacial score (nSPS) is 15.9. The zero-order chi connectivity index (χ0) is 20.7. The third kappa shape index (κ3) is 3.51. The van der Waals surface area contributed by atoms with Crippen LogP contribution in [0.15, 0.2) is 24.4 Å². The largest absolute Gasteiger partial charge is 0.480 e. The maximum Gasteiger partial charge on any atom is 0.235 e. The fraction of sp³-hybridized carbons (Fsp3) is 0.250. The molecule has 1 atom stereocenters. The Morgan fingerprint density at radius 3 is 2.79 bits per heavy atom. The highest BCUT2D eigenvalue weighted by Gasteiger charge is 2.31. The van der Waals surface area contributed by atoms with Crippen LogP contribution in [0.3, 0.4) is 0 Å². The van der Waals surface area contributed by atoms with Crippen molar-refractivity contribution < 1.29 is 13.9 Å². The predicted molar refractivity (Wildman–Crippen MR) is 106 cm³/mol. The number of nitrogen functional groups attached to an aromatic ring is 1. The maximum absolute atomic E-state index is 14.1. The van der Waals surface area contributed by atoms with Gasteiger partial charge in [0.2, 0.25) is 11.8 Å². The van der Waals surface area contributed by atoms with Crippen molar-refractivity contribution in [3.8, 4) is 17.3 Å². The molecule has 0 radical (unpaired) electrons. The van der Waals surface area contributed by atoms with E-state index in [0.29, 0.717) is 28.9 Å². The van der Waals surface area contributed by atoms with Crippen LogP contribution < -0.4 is 10.5 Å². The van der Waals surface area contributed by atoms with E-state index in [4.69, 9.17) is 22.1 Å². The van der Waals surface area contributed by atoms with Crippen molar-refractivity contribution in [2.45, 2.75) is 25.7 Å². The Bertz CT molecular complexity index is 1140. The van der Waals surface area contributed by atoms with Crippen molar-refractivity contribution in [2.75, 3.05) is 12.8 Å². The Kier molecular flexibility index (Phi) is 4.87. The molecule has 0 spiro atoms. The Morgan fingerprint density at radius 2 is 2.03 bits per heavy atom. The zero-order valence-corrected chi connectivity index (χ0v) is 16.5. The lowest BCUT2D eigenvalue weighted by Crippen LogP contribution is -2.23. The Balaban J connectivity index is 1.82. The number of hydrogen-bond donors (Lipinski definition) is 1. The van der Waals surface area contributed by atoms with Gasteiger partial charge in [-0.15, -0.1) is 0 Å². The molecule has 0 aliphatic heterocycles.